The van der Waals surface area contributed by atoms with Gasteiger partial charge in [-0.05, 0) is 6.07 Å². The molecule has 6 heteroatoms. The molecule has 5 nitrogen and oxygen atoms in total. The molecule has 1 rings (SSSR count). The second kappa shape index (κ2) is 4.11. The number of carbonyl (C=O) groups is 1. The fraction of sp³-hybridized carbons (Fsp3) is 0.143. The number of rotatable bonds is 3. The first kappa shape index (κ1) is 9.82. The summed E-state index contributed by atoms with van der Waals surface area (Å²) in [5.41, 5.74) is 0.0840. The Hall–Kier alpha value is -1.27. The molecule has 1 aromatic rings. The van der Waals surface area contributed by atoms with Crippen LogP contribution in [-0.2, 0) is 16.8 Å². The van der Waals surface area contributed by atoms with Gasteiger partial charge in [0.1, 0.15) is 0 Å². The van der Waals surface area contributed by atoms with Crippen molar-refractivity contribution in [2.45, 2.75) is 5.75 Å². The molecule has 0 radical (unpaired) electrons. The Bertz CT molecular complexity index is 352. The number of hydrogen-bond acceptors (Lipinski definition) is 3. The molecule has 13 heavy (non-hydrogen) atoms. The summed E-state index contributed by atoms with van der Waals surface area (Å²) in [6, 6.07) is 2.99. The molecule has 0 saturated heterocycles. The van der Waals surface area contributed by atoms with Gasteiger partial charge in [0.05, 0.1) is 5.75 Å². The number of aromatic nitrogens is 1. The van der Waals surface area contributed by atoms with Crippen LogP contribution in [0.4, 0.5) is 0 Å². The lowest BCUT2D eigenvalue weighted by Crippen LogP contribution is -2.06. The molecule has 1 heterocycles. The summed E-state index contributed by atoms with van der Waals surface area (Å²) in [6.07, 6.45) is 1.33. The van der Waals surface area contributed by atoms with Gasteiger partial charge in [-0.1, -0.05) is 6.07 Å². The molecule has 0 aromatic carbocycles. The third-order valence-electron chi connectivity index (χ3n) is 1.37. The maximum Gasteiger partial charge on any atom is 0.354 e. The van der Waals surface area contributed by atoms with Crippen LogP contribution in [0, 0.1) is 0 Å². The van der Waals surface area contributed by atoms with Crippen LogP contribution in [0.1, 0.15) is 16.1 Å². The van der Waals surface area contributed by atoms with Gasteiger partial charge < -0.3 is 9.66 Å². The summed E-state index contributed by atoms with van der Waals surface area (Å²) in [4.78, 5) is 14.1. The van der Waals surface area contributed by atoms with Crippen LogP contribution in [0.3, 0.4) is 0 Å². The first-order valence-electron chi connectivity index (χ1n) is 3.36. The average Bonchev–Trinajstić information content (AvgIpc) is 2.03. The second-order valence-electron chi connectivity index (χ2n) is 2.28. The normalized spacial score (nSPS) is 12.4. The van der Waals surface area contributed by atoms with Crippen LogP contribution in [-0.4, -0.2) is 24.8 Å². The van der Waals surface area contributed by atoms with E-state index < -0.39 is 17.0 Å². The Morgan fingerprint density at radius 1 is 1.62 bits per heavy atom. The minimum Gasteiger partial charge on any atom is -0.477 e. The van der Waals surface area contributed by atoms with E-state index in [0.29, 0.717) is 0 Å². The molecule has 2 N–H and O–H groups in total. The summed E-state index contributed by atoms with van der Waals surface area (Å²) in [6.45, 7) is 0. The molecule has 0 spiro atoms. The first-order chi connectivity index (χ1) is 6.11. The van der Waals surface area contributed by atoms with Crippen LogP contribution in [0.2, 0.25) is 0 Å². The number of carboxylic acid groups (broad SMARTS) is 1. The molecule has 1 aromatic heterocycles. The van der Waals surface area contributed by atoms with Gasteiger partial charge in [-0.25, -0.2) is 14.0 Å². The van der Waals surface area contributed by atoms with Gasteiger partial charge in [0.25, 0.3) is 0 Å². The SMILES string of the molecule is O=C(O)c1ncccc1CS(=O)O. The number of carboxylic acids is 1. The largest absolute Gasteiger partial charge is 0.477 e. The van der Waals surface area contributed by atoms with Crippen molar-refractivity contribution < 1.29 is 18.7 Å². The Kier molecular flexibility index (Phi) is 3.10. The molecule has 1 unspecified atom stereocenters. The van der Waals surface area contributed by atoms with Crippen molar-refractivity contribution in [1.29, 1.82) is 0 Å². The van der Waals surface area contributed by atoms with Gasteiger partial charge in [0.15, 0.2) is 16.8 Å². The molecular weight excluding hydrogens is 194 g/mol. The topological polar surface area (TPSA) is 87.5 Å². The van der Waals surface area contributed by atoms with Gasteiger partial charge in [-0.3, -0.25) is 0 Å². The molecule has 0 saturated carbocycles. The van der Waals surface area contributed by atoms with Crippen molar-refractivity contribution in [1.82, 2.24) is 4.98 Å². The van der Waals surface area contributed by atoms with Crippen molar-refractivity contribution in [2.75, 3.05) is 0 Å². The molecule has 0 amide bonds. The Balaban J connectivity index is 3.04. The fourth-order valence-electron chi connectivity index (χ4n) is 0.881. The van der Waals surface area contributed by atoms with Crippen molar-refractivity contribution in [3.63, 3.8) is 0 Å². The predicted molar refractivity (Wildman–Crippen MR) is 45.7 cm³/mol. The standard InChI is InChI=1S/C7H7NO4S/c9-7(10)6-5(4-13(11)12)2-1-3-8-6/h1-3H,4H2,(H,9,10)(H,11,12). The zero-order valence-electron chi connectivity index (χ0n) is 6.51. The molecule has 1 atom stereocenters. The van der Waals surface area contributed by atoms with Crippen LogP contribution < -0.4 is 0 Å². The number of pyridine rings is 1. The average molecular weight is 201 g/mol. The van der Waals surface area contributed by atoms with Crippen LogP contribution in [0.15, 0.2) is 18.3 Å². The summed E-state index contributed by atoms with van der Waals surface area (Å²) >= 11 is -2.05. The van der Waals surface area contributed by atoms with Crippen molar-refractivity contribution in [3.8, 4) is 0 Å². The van der Waals surface area contributed by atoms with Crippen molar-refractivity contribution in [2.24, 2.45) is 0 Å². The second-order valence-corrected chi connectivity index (χ2v) is 3.21. The zero-order chi connectivity index (χ0) is 9.84. The van der Waals surface area contributed by atoms with E-state index in [2.05, 4.69) is 4.98 Å². The summed E-state index contributed by atoms with van der Waals surface area (Å²) < 4.78 is 19.0. The molecule has 0 fully saturated rings. The summed E-state index contributed by atoms with van der Waals surface area (Å²) in [5, 5.41) is 8.64. The van der Waals surface area contributed by atoms with E-state index in [4.69, 9.17) is 9.66 Å². The molecule has 70 valence electrons. The highest BCUT2D eigenvalue weighted by atomic mass is 32.2. The molecule has 0 aliphatic rings. The first-order valence-corrected chi connectivity index (χ1v) is 4.63. The van der Waals surface area contributed by atoms with E-state index in [0.717, 1.165) is 0 Å². The van der Waals surface area contributed by atoms with E-state index >= 15 is 0 Å². The Morgan fingerprint density at radius 2 is 2.31 bits per heavy atom. The highest BCUT2D eigenvalue weighted by Gasteiger charge is 2.11. The lowest BCUT2D eigenvalue weighted by atomic mass is 10.2. The predicted octanol–water partition coefficient (Wildman–Crippen LogP) is 0.501. The van der Waals surface area contributed by atoms with Gasteiger partial charge in [-0.2, -0.15) is 0 Å². The van der Waals surface area contributed by atoms with Gasteiger partial charge in [-0.15, -0.1) is 0 Å². The van der Waals surface area contributed by atoms with Gasteiger partial charge in [0, 0.05) is 11.8 Å². The Morgan fingerprint density at radius 3 is 2.85 bits per heavy atom. The minimum atomic E-state index is -2.05. The number of aromatic carboxylic acids is 1. The maximum atomic E-state index is 10.6. The van der Waals surface area contributed by atoms with Gasteiger partial charge in [0.2, 0.25) is 0 Å². The highest BCUT2D eigenvalue weighted by molar-refractivity contribution is 7.78. The van der Waals surface area contributed by atoms with Crippen molar-refractivity contribution >= 4 is 17.0 Å². The van der Waals surface area contributed by atoms with Gasteiger partial charge >= 0.3 is 5.97 Å². The molecule has 0 aliphatic heterocycles. The monoisotopic (exact) mass is 201 g/mol. The maximum absolute atomic E-state index is 10.6. The summed E-state index contributed by atoms with van der Waals surface area (Å²) in [5.74, 6) is -1.41. The van der Waals surface area contributed by atoms with Crippen LogP contribution >= 0.6 is 0 Å². The fourth-order valence-corrected chi connectivity index (χ4v) is 1.38. The number of hydrogen-bond donors (Lipinski definition) is 2. The molecule has 0 aliphatic carbocycles. The Labute approximate surface area is 76.7 Å². The smallest absolute Gasteiger partial charge is 0.354 e. The lowest BCUT2D eigenvalue weighted by molar-refractivity contribution is 0.0689. The highest BCUT2D eigenvalue weighted by Crippen LogP contribution is 2.07. The van der Waals surface area contributed by atoms with Crippen molar-refractivity contribution in [3.05, 3.63) is 29.6 Å². The minimum absolute atomic E-state index is 0.176. The quantitative estimate of drug-likeness (QED) is 0.695. The van der Waals surface area contributed by atoms with E-state index in [9.17, 15) is 9.00 Å². The van der Waals surface area contributed by atoms with E-state index in [1.807, 2.05) is 0 Å². The van der Waals surface area contributed by atoms with E-state index in [-0.39, 0.29) is 17.0 Å². The summed E-state index contributed by atoms with van der Waals surface area (Å²) in [7, 11) is 0. The molecular formula is C7H7NO4S. The molecule has 0 bridgehead atoms. The van der Waals surface area contributed by atoms with E-state index in [1.54, 1.807) is 0 Å². The lowest BCUT2D eigenvalue weighted by Gasteiger charge is -2.00. The number of nitrogens with zero attached hydrogens (tertiary/aromatic N) is 1. The third-order valence-corrected chi connectivity index (χ3v) is 1.93. The van der Waals surface area contributed by atoms with E-state index in [1.165, 1.54) is 18.3 Å². The third kappa shape index (κ3) is 2.60. The van der Waals surface area contributed by atoms with Crippen LogP contribution in [0.5, 0.6) is 0 Å². The van der Waals surface area contributed by atoms with Crippen LogP contribution in [0.25, 0.3) is 0 Å². The zero-order valence-corrected chi connectivity index (χ0v) is 7.32.